The first-order valence-electron chi connectivity index (χ1n) is 8.90. The Labute approximate surface area is 161 Å². The number of para-hydroxylation sites is 1. The predicted molar refractivity (Wildman–Crippen MR) is 110 cm³/mol. The van der Waals surface area contributed by atoms with Gasteiger partial charge in [0, 0.05) is 44.0 Å². The number of thiocarbonyl (C=S) groups is 1. The Balaban J connectivity index is 1.53. The maximum Gasteiger partial charge on any atom is 0.174 e. The van der Waals surface area contributed by atoms with Crippen molar-refractivity contribution < 1.29 is 4.74 Å². The molecule has 26 heavy (non-hydrogen) atoms. The van der Waals surface area contributed by atoms with Gasteiger partial charge in [0.25, 0.3) is 0 Å². The van der Waals surface area contributed by atoms with Crippen LogP contribution in [0.1, 0.15) is 16.8 Å². The summed E-state index contributed by atoms with van der Waals surface area (Å²) < 4.78 is 5.46. The monoisotopic (exact) mass is 370 g/mol. The Morgan fingerprint density at radius 2 is 1.88 bits per heavy atom. The number of hydrogen-bond donors (Lipinski definition) is 1. The number of rotatable bonds is 4. The number of nitrogens with one attached hydrogen (secondary N) is 1. The van der Waals surface area contributed by atoms with Crippen molar-refractivity contribution >= 4 is 23.1 Å². The molecular formula is C20H26N4OS. The molecule has 0 bridgehead atoms. The molecule has 0 spiro atoms. The van der Waals surface area contributed by atoms with E-state index in [0.717, 1.165) is 55.1 Å². The van der Waals surface area contributed by atoms with Gasteiger partial charge in [-0.15, -0.1) is 0 Å². The number of aryl methyl sites for hydroxylation is 2. The molecule has 0 radical (unpaired) electrons. The fraction of sp³-hybridized carbons (Fsp3) is 0.400. The summed E-state index contributed by atoms with van der Waals surface area (Å²) in [4.78, 5) is 9.16. The third-order valence-corrected chi connectivity index (χ3v) is 4.94. The van der Waals surface area contributed by atoms with Gasteiger partial charge in [0.1, 0.15) is 11.6 Å². The highest BCUT2D eigenvalue weighted by Gasteiger charge is 2.20. The molecule has 2 aromatic rings. The molecule has 0 unspecified atom stereocenters. The van der Waals surface area contributed by atoms with E-state index < -0.39 is 0 Å². The first-order valence-corrected chi connectivity index (χ1v) is 9.31. The zero-order valence-electron chi connectivity index (χ0n) is 15.7. The molecule has 0 amide bonds. The number of hydrogen-bond acceptors (Lipinski definition) is 4. The van der Waals surface area contributed by atoms with Crippen molar-refractivity contribution in [3.8, 4) is 5.75 Å². The van der Waals surface area contributed by atoms with Gasteiger partial charge in [0.05, 0.1) is 7.11 Å². The van der Waals surface area contributed by atoms with Crippen molar-refractivity contribution in [3.63, 3.8) is 0 Å². The summed E-state index contributed by atoms with van der Waals surface area (Å²) in [5.74, 6) is 1.77. The molecule has 1 saturated heterocycles. The lowest BCUT2D eigenvalue weighted by Crippen LogP contribution is -2.49. The number of anilines is 1. The number of ether oxygens (including phenoxy) is 1. The molecule has 1 aromatic carbocycles. The van der Waals surface area contributed by atoms with E-state index in [9.17, 15) is 0 Å². The van der Waals surface area contributed by atoms with Crippen LogP contribution in [0.15, 0.2) is 36.4 Å². The number of aromatic nitrogens is 1. The molecule has 1 aliphatic heterocycles. The van der Waals surface area contributed by atoms with E-state index >= 15 is 0 Å². The molecule has 2 heterocycles. The van der Waals surface area contributed by atoms with Crippen molar-refractivity contribution in [2.45, 2.75) is 20.4 Å². The number of benzene rings is 1. The lowest BCUT2D eigenvalue weighted by molar-refractivity contribution is 0.175. The highest BCUT2D eigenvalue weighted by atomic mass is 32.1. The van der Waals surface area contributed by atoms with E-state index in [1.165, 1.54) is 11.1 Å². The second-order valence-corrected chi connectivity index (χ2v) is 7.06. The maximum atomic E-state index is 5.59. The highest BCUT2D eigenvalue weighted by Crippen LogP contribution is 2.20. The van der Waals surface area contributed by atoms with Crippen LogP contribution in [-0.2, 0) is 6.54 Å². The van der Waals surface area contributed by atoms with E-state index in [0.29, 0.717) is 0 Å². The summed E-state index contributed by atoms with van der Waals surface area (Å²) >= 11 is 5.59. The van der Waals surface area contributed by atoms with E-state index in [1.54, 1.807) is 7.11 Å². The first-order chi connectivity index (χ1) is 12.5. The van der Waals surface area contributed by atoms with Crippen LogP contribution < -0.4 is 10.1 Å². The van der Waals surface area contributed by atoms with Gasteiger partial charge in [-0.3, -0.25) is 4.90 Å². The number of methoxy groups -OCH3 is 1. The van der Waals surface area contributed by atoms with Crippen molar-refractivity contribution in [2.24, 2.45) is 0 Å². The molecule has 3 rings (SSSR count). The van der Waals surface area contributed by atoms with Gasteiger partial charge >= 0.3 is 0 Å². The highest BCUT2D eigenvalue weighted by molar-refractivity contribution is 7.80. The minimum Gasteiger partial charge on any atom is -0.496 e. The Morgan fingerprint density at radius 3 is 2.58 bits per heavy atom. The average molecular weight is 371 g/mol. The molecular weight excluding hydrogens is 344 g/mol. The number of piperazine rings is 1. The zero-order valence-corrected chi connectivity index (χ0v) is 16.5. The summed E-state index contributed by atoms with van der Waals surface area (Å²) in [6, 6.07) is 12.3. The molecule has 1 fully saturated rings. The quantitative estimate of drug-likeness (QED) is 0.834. The molecule has 6 heteroatoms. The fourth-order valence-corrected chi connectivity index (χ4v) is 3.56. The molecule has 0 saturated carbocycles. The van der Waals surface area contributed by atoms with E-state index in [1.807, 2.05) is 25.1 Å². The molecule has 0 atom stereocenters. The minimum atomic E-state index is 0.749. The summed E-state index contributed by atoms with van der Waals surface area (Å²) in [6.45, 7) is 8.73. The fourth-order valence-electron chi connectivity index (χ4n) is 3.28. The van der Waals surface area contributed by atoms with E-state index in [-0.39, 0.29) is 0 Å². The van der Waals surface area contributed by atoms with Crippen molar-refractivity contribution in [1.29, 1.82) is 0 Å². The molecule has 1 aromatic heterocycles. The van der Waals surface area contributed by atoms with Crippen LogP contribution in [0.25, 0.3) is 0 Å². The molecule has 1 aliphatic rings. The van der Waals surface area contributed by atoms with Gasteiger partial charge in [-0.1, -0.05) is 18.2 Å². The zero-order chi connectivity index (χ0) is 18.5. The van der Waals surface area contributed by atoms with Crippen LogP contribution in [0.5, 0.6) is 5.75 Å². The molecule has 1 N–H and O–H groups in total. The van der Waals surface area contributed by atoms with Gasteiger partial charge in [-0.25, -0.2) is 4.98 Å². The normalized spacial score (nSPS) is 15.0. The standard InChI is InChI=1S/C20H26N4OS/c1-15-12-16(2)21-19(13-15)22-20(26)24-10-8-23(9-11-24)14-17-6-4-5-7-18(17)25-3/h4-7,12-13H,8-11,14H2,1-3H3,(H,21,22,26). The Hall–Kier alpha value is -2.18. The SMILES string of the molecule is COc1ccccc1CN1CCN(C(=S)Nc2cc(C)cc(C)n2)CC1. The topological polar surface area (TPSA) is 40.6 Å². The molecule has 138 valence electrons. The third kappa shape index (κ3) is 4.71. The van der Waals surface area contributed by atoms with Crippen molar-refractivity contribution in [2.75, 3.05) is 38.6 Å². The van der Waals surface area contributed by atoms with Crippen LogP contribution in [0.4, 0.5) is 5.82 Å². The summed E-state index contributed by atoms with van der Waals surface area (Å²) in [6.07, 6.45) is 0. The van der Waals surface area contributed by atoms with Gasteiger partial charge in [-0.05, 0) is 49.8 Å². The van der Waals surface area contributed by atoms with Crippen LogP contribution in [0.3, 0.4) is 0 Å². The van der Waals surface area contributed by atoms with Gasteiger partial charge in [0.15, 0.2) is 5.11 Å². The Kier molecular flexibility index (Phi) is 6.06. The summed E-state index contributed by atoms with van der Waals surface area (Å²) in [5.41, 5.74) is 3.41. The summed E-state index contributed by atoms with van der Waals surface area (Å²) in [5, 5.41) is 4.03. The minimum absolute atomic E-state index is 0.749. The molecule has 5 nitrogen and oxygen atoms in total. The summed E-state index contributed by atoms with van der Waals surface area (Å²) in [7, 11) is 1.72. The second-order valence-electron chi connectivity index (χ2n) is 6.68. The van der Waals surface area contributed by atoms with Gasteiger partial charge in [0.2, 0.25) is 0 Å². The van der Waals surface area contributed by atoms with Crippen molar-refractivity contribution in [3.05, 3.63) is 53.2 Å². The molecule has 0 aliphatic carbocycles. The van der Waals surface area contributed by atoms with Crippen LogP contribution in [-0.4, -0.2) is 53.2 Å². The van der Waals surface area contributed by atoms with Crippen LogP contribution in [0.2, 0.25) is 0 Å². The van der Waals surface area contributed by atoms with Gasteiger partial charge in [-0.2, -0.15) is 0 Å². The van der Waals surface area contributed by atoms with Crippen LogP contribution in [0, 0.1) is 13.8 Å². The second kappa shape index (κ2) is 8.47. The Bertz CT molecular complexity index is 752. The van der Waals surface area contributed by atoms with E-state index in [2.05, 4.69) is 45.2 Å². The lowest BCUT2D eigenvalue weighted by Gasteiger charge is -2.36. The van der Waals surface area contributed by atoms with E-state index in [4.69, 9.17) is 17.0 Å². The largest absolute Gasteiger partial charge is 0.496 e. The Morgan fingerprint density at radius 1 is 1.15 bits per heavy atom. The predicted octanol–water partition coefficient (Wildman–Crippen LogP) is 3.22. The maximum absolute atomic E-state index is 5.59. The average Bonchev–Trinajstić information content (AvgIpc) is 2.62. The van der Waals surface area contributed by atoms with Crippen LogP contribution >= 0.6 is 12.2 Å². The third-order valence-electron chi connectivity index (χ3n) is 4.58. The number of nitrogens with zero attached hydrogens (tertiary/aromatic N) is 3. The number of pyridine rings is 1. The first kappa shape index (κ1) is 18.6. The lowest BCUT2D eigenvalue weighted by atomic mass is 10.1. The van der Waals surface area contributed by atoms with Gasteiger partial charge < -0.3 is 15.0 Å². The van der Waals surface area contributed by atoms with Crippen molar-refractivity contribution in [1.82, 2.24) is 14.8 Å². The smallest absolute Gasteiger partial charge is 0.174 e.